The molecule has 14 heteroatoms. The summed E-state index contributed by atoms with van der Waals surface area (Å²) in [6, 6.07) is 11.1. The third-order valence-corrected chi connectivity index (χ3v) is 6.55. The van der Waals surface area contributed by atoms with Gasteiger partial charge < -0.3 is 26.2 Å². The van der Waals surface area contributed by atoms with E-state index in [1.54, 1.807) is 30.3 Å². The normalized spacial score (nSPS) is 15.6. The summed E-state index contributed by atoms with van der Waals surface area (Å²) in [5.41, 5.74) is 0.890. The van der Waals surface area contributed by atoms with Crippen molar-refractivity contribution in [1.82, 2.24) is 20.9 Å². The van der Waals surface area contributed by atoms with Gasteiger partial charge in [0.05, 0.1) is 11.5 Å². The van der Waals surface area contributed by atoms with Crippen LogP contribution in [0.15, 0.2) is 54.6 Å². The van der Waals surface area contributed by atoms with Gasteiger partial charge in [-0.2, -0.15) is 0 Å². The first kappa shape index (κ1) is 31.4. The van der Waals surface area contributed by atoms with Gasteiger partial charge in [0.1, 0.15) is 18.1 Å². The van der Waals surface area contributed by atoms with Crippen molar-refractivity contribution in [2.75, 3.05) is 18.4 Å². The number of anilines is 1. The fourth-order valence-corrected chi connectivity index (χ4v) is 4.43. The summed E-state index contributed by atoms with van der Waals surface area (Å²) >= 11 is 0. The molecule has 5 amide bonds. The van der Waals surface area contributed by atoms with Crippen molar-refractivity contribution in [3.63, 3.8) is 0 Å². The highest BCUT2D eigenvalue weighted by Crippen LogP contribution is 2.19. The Bertz CT molecular complexity index is 1350. The summed E-state index contributed by atoms with van der Waals surface area (Å²) in [5.74, 6) is -4.17. The van der Waals surface area contributed by atoms with Gasteiger partial charge in [-0.1, -0.05) is 30.3 Å². The highest BCUT2D eigenvalue weighted by molar-refractivity contribution is 6.37. The minimum atomic E-state index is -1.07. The Kier molecular flexibility index (Phi) is 10.8. The van der Waals surface area contributed by atoms with Crippen molar-refractivity contribution in [3.8, 4) is 0 Å². The number of hydrogen-bond donors (Lipinski definition) is 4. The van der Waals surface area contributed by atoms with Crippen molar-refractivity contribution >= 4 is 46.7 Å². The maximum atomic E-state index is 13.3. The Balaban J connectivity index is 1.68. The largest absolute Gasteiger partial charge is 0.347 e. The Labute approximate surface area is 241 Å². The molecule has 0 saturated carbocycles. The average Bonchev–Trinajstić information content (AvgIpc) is 3.45. The van der Waals surface area contributed by atoms with Gasteiger partial charge in [0, 0.05) is 37.7 Å². The van der Waals surface area contributed by atoms with E-state index in [0.29, 0.717) is 6.42 Å². The molecule has 1 heterocycles. The molecular weight excluding hydrogens is 548 g/mol. The standard InChI is InChI=1S/C28H32N6O8/c1-17(30-18(2)35)25(37)29-16-24(36)28(40)33-14-6-9-23(33)27(39)32-22(15-19-7-4-3-5-8-19)26(38)31-20-10-12-21(13-11-20)34(41)42/h3-5,7-8,10-13,17,22-23H,6,9,14-16H2,1-2H3,(H,29,37)(H,30,35)(H,31,38)(H,32,39)/t17-,22-,23?/m0/s1. The first-order chi connectivity index (χ1) is 20.0. The van der Waals surface area contributed by atoms with Crippen LogP contribution in [-0.4, -0.2) is 76.4 Å². The van der Waals surface area contributed by atoms with E-state index in [0.717, 1.165) is 10.5 Å². The molecule has 0 aliphatic carbocycles. The zero-order valence-corrected chi connectivity index (χ0v) is 23.1. The number of rotatable bonds is 12. The fourth-order valence-electron chi connectivity index (χ4n) is 4.43. The van der Waals surface area contributed by atoms with Gasteiger partial charge in [-0.05, 0) is 37.5 Å². The lowest BCUT2D eigenvalue weighted by Gasteiger charge is -2.26. The van der Waals surface area contributed by atoms with Crippen LogP contribution >= 0.6 is 0 Å². The lowest BCUT2D eigenvalue weighted by atomic mass is 10.0. The van der Waals surface area contributed by atoms with Gasteiger partial charge in [-0.15, -0.1) is 0 Å². The Morgan fingerprint density at radius 2 is 1.64 bits per heavy atom. The molecule has 2 aromatic carbocycles. The van der Waals surface area contributed by atoms with E-state index in [9.17, 15) is 38.9 Å². The summed E-state index contributed by atoms with van der Waals surface area (Å²) in [6.45, 7) is 2.19. The number of amides is 5. The van der Waals surface area contributed by atoms with Gasteiger partial charge in [0.15, 0.2) is 0 Å². The first-order valence-electron chi connectivity index (χ1n) is 13.2. The van der Waals surface area contributed by atoms with Crippen molar-refractivity contribution < 1.29 is 33.7 Å². The Morgan fingerprint density at radius 1 is 0.976 bits per heavy atom. The van der Waals surface area contributed by atoms with Crippen LogP contribution in [0.2, 0.25) is 0 Å². The van der Waals surface area contributed by atoms with Crippen molar-refractivity contribution in [2.24, 2.45) is 0 Å². The van der Waals surface area contributed by atoms with Crippen LogP contribution in [0.4, 0.5) is 11.4 Å². The number of ketones is 1. The number of hydrogen-bond acceptors (Lipinski definition) is 8. The van der Waals surface area contributed by atoms with Gasteiger partial charge in [0.25, 0.3) is 11.6 Å². The maximum absolute atomic E-state index is 13.3. The van der Waals surface area contributed by atoms with Crippen LogP contribution in [-0.2, 0) is 35.2 Å². The van der Waals surface area contributed by atoms with Crippen LogP contribution < -0.4 is 21.3 Å². The van der Waals surface area contributed by atoms with Crippen molar-refractivity contribution in [3.05, 3.63) is 70.3 Å². The average molecular weight is 581 g/mol. The van der Waals surface area contributed by atoms with Gasteiger partial charge in [-0.25, -0.2) is 0 Å². The number of nitrogens with zero attached hydrogens (tertiary/aromatic N) is 2. The molecule has 0 aromatic heterocycles. The topological polar surface area (TPSA) is 197 Å². The number of nitrogens with one attached hydrogen (secondary N) is 4. The fraction of sp³-hybridized carbons (Fsp3) is 0.357. The predicted octanol–water partition coefficient (Wildman–Crippen LogP) is 0.462. The predicted molar refractivity (Wildman–Crippen MR) is 150 cm³/mol. The molecule has 3 atom stereocenters. The summed E-state index contributed by atoms with van der Waals surface area (Å²) in [4.78, 5) is 86.7. The number of likely N-dealkylation sites (tertiary alicyclic amines) is 1. The van der Waals surface area contributed by atoms with Crippen LogP contribution in [0.3, 0.4) is 0 Å². The van der Waals surface area contributed by atoms with Crippen LogP contribution in [0.1, 0.15) is 32.3 Å². The second kappa shape index (κ2) is 14.5. The molecule has 1 aliphatic heterocycles. The second-order valence-corrected chi connectivity index (χ2v) is 9.76. The third-order valence-electron chi connectivity index (χ3n) is 6.55. The highest BCUT2D eigenvalue weighted by Gasteiger charge is 2.38. The van der Waals surface area contributed by atoms with E-state index in [-0.39, 0.29) is 30.8 Å². The molecule has 2 aromatic rings. The maximum Gasteiger partial charge on any atom is 0.292 e. The zero-order chi connectivity index (χ0) is 30.8. The number of benzene rings is 2. The van der Waals surface area contributed by atoms with Gasteiger partial charge >= 0.3 is 0 Å². The number of carbonyl (C=O) groups excluding carboxylic acids is 6. The first-order valence-corrected chi connectivity index (χ1v) is 13.2. The lowest BCUT2D eigenvalue weighted by molar-refractivity contribution is -0.384. The smallest absolute Gasteiger partial charge is 0.292 e. The second-order valence-electron chi connectivity index (χ2n) is 9.76. The molecule has 222 valence electrons. The summed E-state index contributed by atoms with van der Waals surface area (Å²) in [5, 5.41) is 20.9. The van der Waals surface area contributed by atoms with Crippen molar-refractivity contribution in [2.45, 2.75) is 51.2 Å². The third kappa shape index (κ3) is 8.68. The quantitative estimate of drug-likeness (QED) is 0.158. The molecule has 0 bridgehead atoms. The molecule has 1 fully saturated rings. The Hall–Kier alpha value is -5.14. The van der Waals surface area contributed by atoms with Gasteiger partial charge in [0.2, 0.25) is 29.4 Å². The van der Waals surface area contributed by atoms with E-state index in [1.165, 1.54) is 38.1 Å². The molecule has 0 radical (unpaired) electrons. The summed E-state index contributed by atoms with van der Waals surface area (Å²) < 4.78 is 0. The molecule has 4 N–H and O–H groups in total. The van der Waals surface area contributed by atoms with E-state index in [1.807, 2.05) is 0 Å². The molecule has 0 spiro atoms. The lowest BCUT2D eigenvalue weighted by Crippen LogP contribution is -2.54. The van der Waals surface area contributed by atoms with Gasteiger partial charge in [-0.3, -0.25) is 38.9 Å². The highest BCUT2D eigenvalue weighted by atomic mass is 16.6. The van der Waals surface area contributed by atoms with E-state index < -0.39 is 64.9 Å². The van der Waals surface area contributed by atoms with Crippen LogP contribution in [0.5, 0.6) is 0 Å². The monoisotopic (exact) mass is 580 g/mol. The molecule has 1 saturated heterocycles. The number of non-ortho nitro benzene ring substituents is 1. The van der Waals surface area contributed by atoms with E-state index in [4.69, 9.17) is 0 Å². The number of Topliss-reactive ketones (excluding diaryl/α,β-unsaturated/α-hetero) is 1. The number of nitro groups is 1. The van der Waals surface area contributed by atoms with E-state index in [2.05, 4.69) is 21.3 Å². The molecular formula is C28H32N6O8. The molecule has 3 rings (SSSR count). The summed E-state index contributed by atoms with van der Waals surface area (Å²) in [6.07, 6.45) is 0.823. The zero-order valence-electron chi connectivity index (χ0n) is 23.1. The molecule has 1 unspecified atom stereocenters. The van der Waals surface area contributed by atoms with Crippen LogP contribution in [0.25, 0.3) is 0 Å². The SMILES string of the molecule is CC(=O)N[C@@H](C)C(=O)NCC(=O)C(=O)N1CCCC1C(=O)N[C@@H](Cc1ccccc1)C(=O)Nc1ccc([N+](=O)[O-])cc1. The van der Waals surface area contributed by atoms with E-state index >= 15 is 0 Å². The minimum absolute atomic E-state index is 0.115. The molecule has 1 aliphatic rings. The Morgan fingerprint density at radius 3 is 2.26 bits per heavy atom. The van der Waals surface area contributed by atoms with Crippen molar-refractivity contribution in [1.29, 1.82) is 0 Å². The molecule has 14 nitrogen and oxygen atoms in total. The number of nitro benzene ring substituents is 1. The minimum Gasteiger partial charge on any atom is -0.347 e. The van der Waals surface area contributed by atoms with Crippen LogP contribution in [0, 0.1) is 10.1 Å². The number of carbonyl (C=O) groups is 6. The summed E-state index contributed by atoms with van der Waals surface area (Å²) in [7, 11) is 0. The molecule has 42 heavy (non-hydrogen) atoms.